The van der Waals surface area contributed by atoms with Crippen LogP contribution in [0.2, 0.25) is 0 Å². The number of rotatable bonds is 9. The van der Waals surface area contributed by atoms with E-state index in [1.54, 1.807) is 6.07 Å². The summed E-state index contributed by atoms with van der Waals surface area (Å²) in [6.07, 6.45) is 3.90. The van der Waals surface area contributed by atoms with Crippen LogP contribution in [0.3, 0.4) is 0 Å². The minimum Gasteiger partial charge on any atom is -0.326 e. The average Bonchev–Trinajstić information content (AvgIpc) is 2.41. The zero-order valence-corrected chi connectivity index (χ0v) is 13.8. The molecule has 0 fully saturated rings. The molecule has 0 atom stereocenters. The van der Waals surface area contributed by atoms with Crippen molar-refractivity contribution in [2.24, 2.45) is 0 Å². The number of sulfonamides is 1. The summed E-state index contributed by atoms with van der Waals surface area (Å²) in [6.45, 7) is 2.58. The lowest BCUT2D eigenvalue weighted by Gasteiger charge is -2.19. The first-order chi connectivity index (χ1) is 10.3. The normalized spacial score (nSPS) is 11.6. The second-order valence-electron chi connectivity index (χ2n) is 5.18. The molecule has 1 N–H and O–H groups in total. The van der Waals surface area contributed by atoms with Crippen molar-refractivity contribution in [3.05, 3.63) is 30.1 Å². The largest absolute Gasteiger partial charge is 0.326 e. The molecule has 1 aromatic rings. The number of anilines is 1. The molecule has 1 amide bonds. The predicted octanol–water partition coefficient (Wildman–Crippen LogP) is 2.61. The lowest BCUT2D eigenvalue weighted by molar-refractivity contribution is -0.116. The van der Waals surface area contributed by atoms with E-state index in [4.69, 9.17) is 0 Å². The monoisotopic (exact) mass is 330 g/mol. The zero-order chi connectivity index (χ0) is 16.6. The molecule has 1 aromatic carbocycles. The van der Waals surface area contributed by atoms with Crippen molar-refractivity contribution in [3.63, 3.8) is 0 Å². The van der Waals surface area contributed by atoms with Crippen LogP contribution in [0.4, 0.5) is 10.1 Å². The summed E-state index contributed by atoms with van der Waals surface area (Å²) < 4.78 is 37.7. The fourth-order valence-electron chi connectivity index (χ4n) is 2.00. The number of carbonyl (C=O) groups is 1. The summed E-state index contributed by atoms with van der Waals surface area (Å²) in [5.41, 5.74) is 0.363. The Balaban J connectivity index is 2.51. The van der Waals surface area contributed by atoms with Crippen LogP contribution in [0.1, 0.15) is 32.6 Å². The van der Waals surface area contributed by atoms with Gasteiger partial charge in [-0.25, -0.2) is 17.1 Å². The van der Waals surface area contributed by atoms with E-state index in [1.807, 2.05) is 6.92 Å². The van der Waals surface area contributed by atoms with Crippen LogP contribution in [-0.4, -0.2) is 38.0 Å². The highest BCUT2D eigenvalue weighted by molar-refractivity contribution is 7.88. The number of hydrogen-bond donors (Lipinski definition) is 1. The van der Waals surface area contributed by atoms with Gasteiger partial charge in [-0.1, -0.05) is 25.8 Å². The van der Waals surface area contributed by atoms with Crippen LogP contribution in [0.25, 0.3) is 0 Å². The smallest absolute Gasteiger partial charge is 0.225 e. The van der Waals surface area contributed by atoms with Gasteiger partial charge in [0, 0.05) is 25.2 Å². The number of nitrogens with one attached hydrogen (secondary N) is 1. The van der Waals surface area contributed by atoms with E-state index in [1.165, 1.54) is 22.5 Å². The second-order valence-corrected chi connectivity index (χ2v) is 7.16. The summed E-state index contributed by atoms with van der Waals surface area (Å²) in [4.78, 5) is 11.8. The maximum absolute atomic E-state index is 13.0. The van der Waals surface area contributed by atoms with Gasteiger partial charge >= 0.3 is 0 Å². The number of hydrogen-bond acceptors (Lipinski definition) is 3. The van der Waals surface area contributed by atoms with Gasteiger partial charge in [-0.2, -0.15) is 0 Å². The fraction of sp³-hybridized carbons (Fsp3) is 0.533. The Kier molecular flexibility index (Phi) is 7.47. The molecule has 22 heavy (non-hydrogen) atoms. The molecule has 7 heteroatoms. The van der Waals surface area contributed by atoms with Crippen molar-refractivity contribution in [1.82, 2.24) is 4.31 Å². The maximum Gasteiger partial charge on any atom is 0.225 e. The number of halogens is 1. The molecule has 0 saturated carbocycles. The van der Waals surface area contributed by atoms with E-state index in [0.29, 0.717) is 12.2 Å². The van der Waals surface area contributed by atoms with Gasteiger partial charge in [-0.3, -0.25) is 4.79 Å². The standard InChI is InChI=1S/C15H23FN2O3S/c1-3-4-5-10-18(22(2,20)21)11-9-15(19)17-14-8-6-7-13(16)12-14/h6-8,12H,3-5,9-11H2,1-2H3,(H,17,19). The van der Waals surface area contributed by atoms with Gasteiger partial charge in [0.1, 0.15) is 5.82 Å². The van der Waals surface area contributed by atoms with Gasteiger partial charge in [0.05, 0.1) is 6.26 Å². The minimum absolute atomic E-state index is 0.0374. The second kappa shape index (κ2) is 8.85. The van der Waals surface area contributed by atoms with Crippen molar-refractivity contribution < 1.29 is 17.6 Å². The molecular weight excluding hydrogens is 307 g/mol. The Morgan fingerprint density at radius 1 is 1.27 bits per heavy atom. The Labute approximate surface area is 131 Å². The Morgan fingerprint density at radius 2 is 2.00 bits per heavy atom. The SMILES string of the molecule is CCCCCN(CCC(=O)Nc1cccc(F)c1)S(C)(=O)=O. The number of unbranched alkanes of at least 4 members (excludes halogenated alkanes) is 2. The third-order valence-corrected chi connectivity index (χ3v) is 4.48. The number of amides is 1. The van der Waals surface area contributed by atoms with E-state index in [2.05, 4.69) is 5.32 Å². The first kappa shape index (κ1) is 18.6. The molecule has 1 rings (SSSR count). The zero-order valence-electron chi connectivity index (χ0n) is 13.0. The molecule has 124 valence electrons. The highest BCUT2D eigenvalue weighted by atomic mass is 32.2. The predicted molar refractivity (Wildman–Crippen MR) is 85.6 cm³/mol. The van der Waals surface area contributed by atoms with Crippen molar-refractivity contribution in [1.29, 1.82) is 0 Å². The summed E-state index contributed by atoms with van der Waals surface area (Å²) in [5, 5.41) is 2.56. The van der Waals surface area contributed by atoms with Crippen molar-refractivity contribution >= 4 is 21.6 Å². The third-order valence-electron chi connectivity index (χ3n) is 3.18. The highest BCUT2D eigenvalue weighted by Crippen LogP contribution is 2.10. The first-order valence-electron chi connectivity index (χ1n) is 7.33. The summed E-state index contributed by atoms with van der Waals surface area (Å²) >= 11 is 0. The van der Waals surface area contributed by atoms with Crippen LogP contribution >= 0.6 is 0 Å². The van der Waals surface area contributed by atoms with Crippen LogP contribution in [0.15, 0.2) is 24.3 Å². The van der Waals surface area contributed by atoms with Crippen molar-refractivity contribution in [3.8, 4) is 0 Å². The number of nitrogens with zero attached hydrogens (tertiary/aromatic N) is 1. The minimum atomic E-state index is -3.33. The molecule has 0 aliphatic carbocycles. The highest BCUT2D eigenvalue weighted by Gasteiger charge is 2.17. The van der Waals surface area contributed by atoms with Crippen LogP contribution in [0, 0.1) is 5.82 Å². The topological polar surface area (TPSA) is 66.5 Å². The number of carbonyl (C=O) groups excluding carboxylic acids is 1. The van der Waals surface area contributed by atoms with E-state index < -0.39 is 15.8 Å². The Bertz CT molecular complexity index is 590. The third kappa shape index (κ3) is 7.00. The van der Waals surface area contributed by atoms with Gasteiger partial charge in [0.2, 0.25) is 15.9 Å². The van der Waals surface area contributed by atoms with E-state index in [-0.39, 0.29) is 18.9 Å². The van der Waals surface area contributed by atoms with Gasteiger partial charge < -0.3 is 5.32 Å². The first-order valence-corrected chi connectivity index (χ1v) is 9.18. The lowest BCUT2D eigenvalue weighted by Crippen LogP contribution is -2.33. The van der Waals surface area contributed by atoms with Crippen molar-refractivity contribution in [2.45, 2.75) is 32.6 Å². The summed E-state index contributed by atoms with van der Waals surface area (Å²) in [5.74, 6) is -0.773. The average molecular weight is 330 g/mol. The van der Waals surface area contributed by atoms with Crippen LogP contribution < -0.4 is 5.32 Å². The number of benzene rings is 1. The molecule has 0 heterocycles. The molecule has 5 nitrogen and oxygen atoms in total. The van der Waals surface area contributed by atoms with E-state index >= 15 is 0 Å². The van der Waals surface area contributed by atoms with Crippen LogP contribution in [0.5, 0.6) is 0 Å². The van der Waals surface area contributed by atoms with Crippen molar-refractivity contribution in [2.75, 3.05) is 24.7 Å². The molecule has 0 bridgehead atoms. The Morgan fingerprint density at radius 3 is 2.59 bits per heavy atom. The van der Waals surface area contributed by atoms with Gasteiger partial charge in [-0.15, -0.1) is 0 Å². The van der Waals surface area contributed by atoms with Gasteiger partial charge in [0.15, 0.2) is 0 Å². The molecule has 0 saturated heterocycles. The molecular formula is C15H23FN2O3S. The maximum atomic E-state index is 13.0. The molecule has 0 spiro atoms. The molecule has 0 aromatic heterocycles. The molecule has 0 aliphatic rings. The van der Waals surface area contributed by atoms with Gasteiger partial charge in [0.25, 0.3) is 0 Å². The summed E-state index contributed by atoms with van der Waals surface area (Å²) in [7, 11) is -3.33. The molecule has 0 radical (unpaired) electrons. The van der Waals surface area contributed by atoms with Gasteiger partial charge in [-0.05, 0) is 24.6 Å². The lowest BCUT2D eigenvalue weighted by atomic mass is 10.2. The quantitative estimate of drug-likeness (QED) is 0.708. The molecule has 0 unspecified atom stereocenters. The van der Waals surface area contributed by atoms with Crippen LogP contribution in [-0.2, 0) is 14.8 Å². The Hall–Kier alpha value is -1.47. The molecule has 0 aliphatic heterocycles. The van der Waals surface area contributed by atoms with E-state index in [0.717, 1.165) is 25.5 Å². The summed E-state index contributed by atoms with van der Waals surface area (Å²) in [6, 6.07) is 5.58. The van der Waals surface area contributed by atoms with E-state index in [9.17, 15) is 17.6 Å². The fourth-order valence-corrected chi connectivity index (χ4v) is 2.88.